The maximum absolute atomic E-state index is 12.3. The SMILES string of the molecule is CC(C)C1(C)CC(=O)N(CC(N)C2CC2)C1=O. The molecule has 1 saturated carbocycles. The molecule has 0 bridgehead atoms. The van der Waals surface area contributed by atoms with Gasteiger partial charge in [0.15, 0.2) is 0 Å². The van der Waals surface area contributed by atoms with Crippen molar-refractivity contribution in [1.29, 1.82) is 0 Å². The molecule has 0 aromatic rings. The fraction of sp³-hybridized carbons (Fsp3) is 0.846. The molecule has 2 fully saturated rings. The second-order valence-corrected chi connectivity index (χ2v) is 6.06. The first-order valence-corrected chi connectivity index (χ1v) is 6.46. The Morgan fingerprint density at radius 2 is 2.00 bits per heavy atom. The molecule has 1 saturated heterocycles. The normalized spacial score (nSPS) is 31.5. The Kier molecular flexibility index (Phi) is 3.02. The Hall–Kier alpha value is -0.900. The average molecular weight is 238 g/mol. The maximum Gasteiger partial charge on any atom is 0.235 e. The molecule has 2 rings (SSSR count). The van der Waals surface area contributed by atoms with Crippen LogP contribution in [0.25, 0.3) is 0 Å². The third-order valence-electron chi connectivity index (χ3n) is 4.45. The lowest BCUT2D eigenvalue weighted by Crippen LogP contribution is -2.44. The van der Waals surface area contributed by atoms with Crippen molar-refractivity contribution < 1.29 is 9.59 Å². The van der Waals surface area contributed by atoms with Crippen LogP contribution in [0.4, 0.5) is 0 Å². The summed E-state index contributed by atoms with van der Waals surface area (Å²) in [4.78, 5) is 25.6. The van der Waals surface area contributed by atoms with Crippen molar-refractivity contribution in [3.8, 4) is 0 Å². The van der Waals surface area contributed by atoms with Crippen LogP contribution in [0.5, 0.6) is 0 Å². The Morgan fingerprint density at radius 3 is 2.41 bits per heavy atom. The highest BCUT2D eigenvalue weighted by atomic mass is 16.2. The Morgan fingerprint density at radius 1 is 1.41 bits per heavy atom. The standard InChI is InChI=1S/C13H22N2O2/c1-8(2)13(3)6-11(16)15(12(13)17)7-10(14)9-4-5-9/h8-10H,4-7,14H2,1-3H3. The lowest BCUT2D eigenvalue weighted by Gasteiger charge is -2.27. The molecule has 1 aliphatic carbocycles. The van der Waals surface area contributed by atoms with E-state index < -0.39 is 5.41 Å². The number of nitrogens with zero attached hydrogens (tertiary/aromatic N) is 1. The minimum absolute atomic E-state index is 0.0302. The molecule has 0 aromatic heterocycles. The van der Waals surface area contributed by atoms with E-state index in [0.717, 1.165) is 12.8 Å². The fourth-order valence-electron chi connectivity index (χ4n) is 2.43. The Bertz CT molecular complexity index is 349. The van der Waals surface area contributed by atoms with Gasteiger partial charge in [-0.3, -0.25) is 14.5 Å². The van der Waals surface area contributed by atoms with Gasteiger partial charge < -0.3 is 5.73 Å². The van der Waals surface area contributed by atoms with Crippen LogP contribution in [0.3, 0.4) is 0 Å². The Labute approximate surface area is 103 Å². The van der Waals surface area contributed by atoms with Crippen LogP contribution in [0.15, 0.2) is 0 Å². The molecule has 2 N–H and O–H groups in total. The van der Waals surface area contributed by atoms with Crippen LogP contribution in [0, 0.1) is 17.3 Å². The molecule has 1 aliphatic heterocycles. The molecule has 0 radical (unpaired) electrons. The highest BCUT2D eigenvalue weighted by Gasteiger charge is 2.50. The van der Waals surface area contributed by atoms with Gasteiger partial charge >= 0.3 is 0 Å². The number of nitrogens with two attached hydrogens (primary N) is 1. The van der Waals surface area contributed by atoms with Gasteiger partial charge in [0.25, 0.3) is 0 Å². The zero-order valence-electron chi connectivity index (χ0n) is 10.9. The van der Waals surface area contributed by atoms with Gasteiger partial charge in [-0.25, -0.2) is 0 Å². The molecule has 2 amide bonds. The lowest BCUT2D eigenvalue weighted by atomic mass is 9.78. The molecule has 17 heavy (non-hydrogen) atoms. The van der Waals surface area contributed by atoms with E-state index in [1.165, 1.54) is 4.90 Å². The second kappa shape index (κ2) is 4.09. The number of amides is 2. The van der Waals surface area contributed by atoms with Crippen LogP contribution in [-0.4, -0.2) is 29.3 Å². The zero-order chi connectivity index (χ0) is 12.8. The summed E-state index contributed by atoms with van der Waals surface area (Å²) in [7, 11) is 0. The predicted molar refractivity (Wildman–Crippen MR) is 65.0 cm³/mol. The van der Waals surface area contributed by atoms with E-state index in [9.17, 15) is 9.59 Å². The van der Waals surface area contributed by atoms with Gasteiger partial charge in [-0.05, 0) is 31.6 Å². The summed E-state index contributed by atoms with van der Waals surface area (Å²) in [5, 5.41) is 0. The first kappa shape index (κ1) is 12.6. The summed E-state index contributed by atoms with van der Waals surface area (Å²) in [5.41, 5.74) is 5.47. The van der Waals surface area contributed by atoms with E-state index in [1.807, 2.05) is 20.8 Å². The van der Waals surface area contributed by atoms with E-state index in [0.29, 0.717) is 18.9 Å². The predicted octanol–water partition coefficient (Wildman–Crippen LogP) is 1.14. The number of carbonyl (C=O) groups is 2. The fourth-order valence-corrected chi connectivity index (χ4v) is 2.43. The van der Waals surface area contributed by atoms with Crippen LogP contribution < -0.4 is 5.73 Å². The largest absolute Gasteiger partial charge is 0.326 e. The van der Waals surface area contributed by atoms with Crippen LogP contribution in [0.2, 0.25) is 0 Å². The second-order valence-electron chi connectivity index (χ2n) is 6.06. The number of hydrogen-bond acceptors (Lipinski definition) is 3. The minimum Gasteiger partial charge on any atom is -0.326 e. The van der Waals surface area contributed by atoms with Crippen LogP contribution >= 0.6 is 0 Å². The van der Waals surface area contributed by atoms with Crippen molar-refractivity contribution in [2.75, 3.05) is 6.54 Å². The lowest BCUT2D eigenvalue weighted by molar-refractivity contribution is -0.142. The Balaban J connectivity index is 2.08. The van der Waals surface area contributed by atoms with Gasteiger partial charge in [0.1, 0.15) is 0 Å². The van der Waals surface area contributed by atoms with E-state index in [1.54, 1.807) is 0 Å². The van der Waals surface area contributed by atoms with Crippen molar-refractivity contribution in [2.45, 2.75) is 46.1 Å². The van der Waals surface area contributed by atoms with E-state index in [4.69, 9.17) is 5.73 Å². The highest BCUT2D eigenvalue weighted by molar-refractivity contribution is 6.05. The quantitative estimate of drug-likeness (QED) is 0.747. The molecule has 0 spiro atoms. The molecular weight excluding hydrogens is 216 g/mol. The summed E-state index contributed by atoms with van der Waals surface area (Å²) in [6.45, 7) is 6.29. The van der Waals surface area contributed by atoms with Crippen molar-refractivity contribution in [2.24, 2.45) is 23.0 Å². The summed E-state index contributed by atoms with van der Waals surface area (Å²) in [5.74, 6) is 0.610. The van der Waals surface area contributed by atoms with Crippen molar-refractivity contribution in [3.05, 3.63) is 0 Å². The first-order chi connectivity index (χ1) is 7.86. The monoisotopic (exact) mass is 238 g/mol. The average Bonchev–Trinajstić information content (AvgIpc) is 3.04. The summed E-state index contributed by atoms with van der Waals surface area (Å²) in [6.07, 6.45) is 2.61. The number of rotatable bonds is 4. The third-order valence-corrected chi connectivity index (χ3v) is 4.45. The third kappa shape index (κ3) is 2.10. The molecule has 2 aliphatic rings. The summed E-state index contributed by atoms with van der Waals surface area (Å²) >= 11 is 0. The first-order valence-electron chi connectivity index (χ1n) is 6.46. The van der Waals surface area contributed by atoms with Gasteiger partial charge in [0, 0.05) is 19.0 Å². The molecule has 4 nitrogen and oxygen atoms in total. The molecule has 2 unspecified atom stereocenters. The van der Waals surface area contributed by atoms with Gasteiger partial charge in [-0.15, -0.1) is 0 Å². The number of likely N-dealkylation sites (tertiary alicyclic amines) is 1. The van der Waals surface area contributed by atoms with Crippen LogP contribution in [-0.2, 0) is 9.59 Å². The van der Waals surface area contributed by atoms with Crippen molar-refractivity contribution in [3.63, 3.8) is 0 Å². The molecule has 1 heterocycles. The van der Waals surface area contributed by atoms with E-state index >= 15 is 0 Å². The molecule has 0 aromatic carbocycles. The molecule has 4 heteroatoms. The van der Waals surface area contributed by atoms with Crippen molar-refractivity contribution in [1.82, 2.24) is 4.90 Å². The zero-order valence-corrected chi connectivity index (χ0v) is 10.9. The van der Waals surface area contributed by atoms with Gasteiger partial charge in [-0.1, -0.05) is 13.8 Å². The van der Waals surface area contributed by atoms with Crippen molar-refractivity contribution >= 4 is 11.8 Å². The summed E-state index contributed by atoms with van der Waals surface area (Å²) in [6, 6.07) is -0.0302. The van der Waals surface area contributed by atoms with E-state index in [2.05, 4.69) is 0 Å². The smallest absolute Gasteiger partial charge is 0.235 e. The van der Waals surface area contributed by atoms with Gasteiger partial charge in [0.2, 0.25) is 11.8 Å². The summed E-state index contributed by atoms with van der Waals surface area (Å²) < 4.78 is 0. The molecule has 2 atom stereocenters. The minimum atomic E-state index is -0.527. The van der Waals surface area contributed by atoms with Gasteiger partial charge in [0.05, 0.1) is 5.41 Å². The molecular formula is C13H22N2O2. The highest BCUT2D eigenvalue weighted by Crippen LogP contribution is 2.40. The maximum atomic E-state index is 12.3. The number of carbonyl (C=O) groups excluding carboxylic acids is 2. The van der Waals surface area contributed by atoms with E-state index in [-0.39, 0.29) is 23.8 Å². The van der Waals surface area contributed by atoms with Crippen LogP contribution in [0.1, 0.15) is 40.0 Å². The number of imide groups is 1. The topological polar surface area (TPSA) is 63.4 Å². The van der Waals surface area contributed by atoms with Gasteiger partial charge in [-0.2, -0.15) is 0 Å². The molecule has 96 valence electrons. The number of hydrogen-bond donors (Lipinski definition) is 1.